The zero-order valence-corrected chi connectivity index (χ0v) is 16.1. The van der Waals surface area contributed by atoms with E-state index in [4.69, 9.17) is 0 Å². The summed E-state index contributed by atoms with van der Waals surface area (Å²) < 4.78 is 6.31. The fourth-order valence-electron chi connectivity index (χ4n) is 3.60. The van der Waals surface area contributed by atoms with E-state index in [1.54, 1.807) is 11.4 Å². The molecule has 0 saturated carbocycles. The van der Waals surface area contributed by atoms with Crippen LogP contribution in [0.5, 0.6) is 0 Å². The van der Waals surface area contributed by atoms with E-state index >= 15 is 0 Å². The van der Waals surface area contributed by atoms with Crippen molar-refractivity contribution in [3.05, 3.63) is 62.6 Å². The minimum Gasteiger partial charge on any atom is -0.283 e. The first kappa shape index (κ1) is 17.3. The molecule has 27 heavy (non-hydrogen) atoms. The Labute approximate surface area is 156 Å². The molecule has 0 aliphatic carbocycles. The van der Waals surface area contributed by atoms with Crippen LogP contribution in [-0.4, -0.2) is 23.1 Å². The lowest BCUT2D eigenvalue weighted by molar-refractivity contribution is 0.708. The Morgan fingerprint density at radius 3 is 2.41 bits per heavy atom. The summed E-state index contributed by atoms with van der Waals surface area (Å²) in [6, 6.07) is 8.43. The molecule has 3 heterocycles. The zero-order chi connectivity index (χ0) is 19.3. The van der Waals surface area contributed by atoms with Crippen molar-refractivity contribution in [3.63, 3.8) is 0 Å². The molecule has 4 aromatic rings. The molecule has 0 atom stereocenters. The summed E-state index contributed by atoms with van der Waals surface area (Å²) in [4.78, 5) is 29.5. The molecule has 0 bridgehead atoms. The van der Waals surface area contributed by atoms with Crippen LogP contribution in [0, 0.1) is 6.92 Å². The average molecular weight is 365 g/mol. The van der Waals surface area contributed by atoms with Gasteiger partial charge < -0.3 is 0 Å². The van der Waals surface area contributed by atoms with E-state index in [-0.39, 0.29) is 11.2 Å². The number of rotatable bonds is 4. The van der Waals surface area contributed by atoms with Gasteiger partial charge in [-0.25, -0.2) is 4.79 Å². The van der Waals surface area contributed by atoms with Crippen LogP contribution < -0.4 is 11.2 Å². The maximum atomic E-state index is 12.7. The summed E-state index contributed by atoms with van der Waals surface area (Å²) in [5.41, 5.74) is 3.36. The topological polar surface area (TPSA) is 66.2 Å². The number of fused-ring (bicyclic) bond motifs is 3. The number of benzene rings is 1. The minimum absolute atomic E-state index is 0.340. The Morgan fingerprint density at radius 2 is 1.74 bits per heavy atom. The third-order valence-corrected chi connectivity index (χ3v) is 5.16. The van der Waals surface area contributed by atoms with E-state index in [2.05, 4.69) is 36.2 Å². The van der Waals surface area contributed by atoms with E-state index in [0.717, 1.165) is 22.4 Å². The smallest absolute Gasteiger partial charge is 0.283 e. The Bertz CT molecular complexity index is 1270. The fraction of sp³-hybridized carbons (Fsp3) is 0.350. The summed E-state index contributed by atoms with van der Waals surface area (Å²) in [5, 5.41) is 0. The summed E-state index contributed by atoms with van der Waals surface area (Å²) in [6.07, 6.45) is 5.31. The lowest BCUT2D eigenvalue weighted by Crippen LogP contribution is -2.37. The molecule has 0 radical (unpaired) electrons. The molecule has 0 N–H and O–H groups in total. The van der Waals surface area contributed by atoms with Crippen LogP contribution in [0.3, 0.4) is 0 Å². The largest absolute Gasteiger partial charge is 0.332 e. The van der Waals surface area contributed by atoms with Gasteiger partial charge in [0.05, 0.1) is 0 Å². The van der Waals surface area contributed by atoms with Crippen molar-refractivity contribution in [2.45, 2.75) is 33.1 Å². The third-order valence-electron chi connectivity index (χ3n) is 5.16. The van der Waals surface area contributed by atoms with Crippen LogP contribution in [0.1, 0.15) is 31.0 Å². The molecule has 1 aromatic carbocycles. The SMILES string of the molecule is CCCCc1ccc(-n2c(C)cn3c4c(=O)n(C)c(=O)n(C)c4nc23)cc1. The first-order valence-electron chi connectivity index (χ1n) is 9.19. The van der Waals surface area contributed by atoms with Gasteiger partial charge in [0.15, 0.2) is 11.2 Å². The number of hydrogen-bond donors (Lipinski definition) is 0. The van der Waals surface area contributed by atoms with Gasteiger partial charge in [-0.15, -0.1) is 0 Å². The number of unbranched alkanes of at least 4 members (excludes halogenated alkanes) is 1. The van der Waals surface area contributed by atoms with Crippen molar-refractivity contribution in [1.82, 2.24) is 23.1 Å². The third kappa shape index (κ3) is 2.53. The van der Waals surface area contributed by atoms with Crippen LogP contribution in [0.2, 0.25) is 0 Å². The molecule has 140 valence electrons. The molecular formula is C20H23N5O2. The second-order valence-electron chi connectivity index (χ2n) is 7.04. The summed E-state index contributed by atoms with van der Waals surface area (Å²) >= 11 is 0. The summed E-state index contributed by atoms with van der Waals surface area (Å²) in [6.45, 7) is 4.17. The molecule has 0 amide bonds. The fourth-order valence-corrected chi connectivity index (χ4v) is 3.60. The first-order valence-corrected chi connectivity index (χ1v) is 9.19. The van der Waals surface area contributed by atoms with E-state index < -0.39 is 0 Å². The van der Waals surface area contributed by atoms with Crippen molar-refractivity contribution in [2.24, 2.45) is 14.1 Å². The van der Waals surface area contributed by atoms with Crippen molar-refractivity contribution >= 4 is 16.9 Å². The molecule has 0 aliphatic rings. The van der Waals surface area contributed by atoms with Crippen LogP contribution in [-0.2, 0) is 20.5 Å². The van der Waals surface area contributed by atoms with Crippen LogP contribution in [0.4, 0.5) is 0 Å². The number of nitrogens with zero attached hydrogens (tertiary/aromatic N) is 5. The lowest BCUT2D eigenvalue weighted by atomic mass is 10.1. The Kier molecular flexibility index (Phi) is 4.02. The van der Waals surface area contributed by atoms with Gasteiger partial charge in [-0.2, -0.15) is 4.98 Å². The Balaban J connectivity index is 1.96. The van der Waals surface area contributed by atoms with Crippen LogP contribution in [0.25, 0.3) is 22.6 Å². The quantitative estimate of drug-likeness (QED) is 0.557. The molecule has 0 spiro atoms. The molecule has 3 aromatic heterocycles. The normalized spacial score (nSPS) is 11.7. The highest BCUT2D eigenvalue weighted by molar-refractivity contribution is 5.76. The number of hydrogen-bond acceptors (Lipinski definition) is 3. The van der Waals surface area contributed by atoms with Crippen LogP contribution in [0.15, 0.2) is 40.1 Å². The van der Waals surface area contributed by atoms with Crippen molar-refractivity contribution in [3.8, 4) is 5.69 Å². The Hall–Kier alpha value is -3.09. The number of imidazole rings is 2. The van der Waals surface area contributed by atoms with Gasteiger partial charge in [-0.3, -0.25) is 22.9 Å². The van der Waals surface area contributed by atoms with Gasteiger partial charge in [-0.1, -0.05) is 25.5 Å². The van der Waals surface area contributed by atoms with Crippen molar-refractivity contribution < 1.29 is 0 Å². The predicted octanol–water partition coefficient (Wildman–Crippen LogP) is 2.33. The summed E-state index contributed by atoms with van der Waals surface area (Å²) in [7, 11) is 3.12. The van der Waals surface area contributed by atoms with Gasteiger partial charge >= 0.3 is 5.69 Å². The number of aryl methyl sites for hydroxylation is 3. The molecule has 7 nitrogen and oxygen atoms in total. The maximum absolute atomic E-state index is 12.7. The second kappa shape index (κ2) is 6.26. The second-order valence-corrected chi connectivity index (χ2v) is 7.04. The molecule has 4 rings (SSSR count). The molecule has 0 saturated heterocycles. The van der Waals surface area contributed by atoms with E-state index in [1.807, 2.05) is 17.7 Å². The molecule has 7 heteroatoms. The molecular weight excluding hydrogens is 342 g/mol. The Morgan fingerprint density at radius 1 is 1.04 bits per heavy atom. The summed E-state index contributed by atoms with van der Waals surface area (Å²) in [5.74, 6) is 0.627. The predicted molar refractivity (Wildman–Crippen MR) is 106 cm³/mol. The number of aromatic nitrogens is 5. The maximum Gasteiger partial charge on any atom is 0.332 e. The molecule has 0 aliphatic heterocycles. The average Bonchev–Trinajstić information content (AvgIpc) is 3.18. The standard InChI is InChI=1S/C20H23N5O2/c1-5-6-7-14-8-10-15(11-9-14)25-13(2)12-24-16-17(21-19(24)25)22(3)20(27)23(4)18(16)26/h8-12H,5-7H2,1-4H3. The van der Waals surface area contributed by atoms with Crippen molar-refractivity contribution in [2.75, 3.05) is 0 Å². The highest BCUT2D eigenvalue weighted by atomic mass is 16.2. The minimum atomic E-state index is -0.378. The van der Waals surface area contributed by atoms with Gasteiger partial charge in [-0.05, 0) is 37.5 Å². The molecule has 0 fully saturated rings. The van der Waals surface area contributed by atoms with Crippen molar-refractivity contribution in [1.29, 1.82) is 0 Å². The zero-order valence-electron chi connectivity index (χ0n) is 16.1. The van der Waals surface area contributed by atoms with E-state index in [9.17, 15) is 9.59 Å². The van der Waals surface area contributed by atoms with Gasteiger partial charge in [0.2, 0.25) is 5.78 Å². The monoisotopic (exact) mass is 365 g/mol. The first-order chi connectivity index (χ1) is 12.9. The van der Waals surface area contributed by atoms with E-state index in [1.165, 1.54) is 30.0 Å². The van der Waals surface area contributed by atoms with Gasteiger partial charge in [0.1, 0.15) is 0 Å². The highest BCUT2D eigenvalue weighted by Crippen LogP contribution is 2.21. The van der Waals surface area contributed by atoms with Gasteiger partial charge in [0.25, 0.3) is 5.56 Å². The van der Waals surface area contributed by atoms with Gasteiger partial charge in [0, 0.05) is 31.7 Å². The lowest BCUT2D eigenvalue weighted by Gasteiger charge is -2.07. The molecule has 0 unspecified atom stereocenters. The van der Waals surface area contributed by atoms with E-state index in [0.29, 0.717) is 16.9 Å². The van der Waals surface area contributed by atoms with Crippen LogP contribution >= 0.6 is 0 Å². The highest BCUT2D eigenvalue weighted by Gasteiger charge is 2.19.